The van der Waals surface area contributed by atoms with Crippen LogP contribution in [0.5, 0.6) is 0 Å². The van der Waals surface area contributed by atoms with Gasteiger partial charge in [-0.25, -0.2) is 0 Å². The Hall–Kier alpha value is -0.890. The van der Waals surface area contributed by atoms with E-state index in [0.717, 1.165) is 45.3 Å². The summed E-state index contributed by atoms with van der Waals surface area (Å²) in [6, 6.07) is 0. The van der Waals surface area contributed by atoms with Gasteiger partial charge in [0.2, 0.25) is 0 Å². The van der Waals surface area contributed by atoms with Crippen LogP contribution in [-0.2, 0) is 4.74 Å². The van der Waals surface area contributed by atoms with Gasteiger partial charge in [0, 0.05) is 66.0 Å². The number of likely N-dealkylation sites (N-methyl/N-ethyl adjacent to an activating group) is 1. The zero-order valence-electron chi connectivity index (χ0n) is 18.8. The first-order valence-electron chi connectivity index (χ1n) is 11.3. The molecule has 2 N–H and O–H groups in total. The Labute approximate surface area is 172 Å². The van der Waals surface area contributed by atoms with Gasteiger partial charge in [-0.15, -0.1) is 0 Å². The number of nitrogens with zero attached hydrogens (tertiary/aromatic N) is 4. The van der Waals surface area contributed by atoms with E-state index >= 15 is 0 Å². The van der Waals surface area contributed by atoms with E-state index in [2.05, 4.69) is 51.1 Å². The minimum absolute atomic E-state index is 0.243. The average molecular weight is 397 g/mol. The maximum atomic E-state index is 5.91. The lowest BCUT2D eigenvalue weighted by molar-refractivity contribution is -0.0284. The number of ether oxygens (including phenoxy) is 1. The third kappa shape index (κ3) is 9.07. The van der Waals surface area contributed by atoms with Crippen molar-refractivity contribution in [2.75, 3.05) is 85.6 Å². The fourth-order valence-corrected chi connectivity index (χ4v) is 4.01. The van der Waals surface area contributed by atoms with Crippen molar-refractivity contribution < 1.29 is 4.74 Å². The second-order valence-corrected chi connectivity index (χ2v) is 8.51. The molecule has 1 atom stereocenters. The summed E-state index contributed by atoms with van der Waals surface area (Å²) in [5.41, 5.74) is 0. The molecule has 0 aliphatic carbocycles. The van der Waals surface area contributed by atoms with Crippen molar-refractivity contribution in [1.82, 2.24) is 25.3 Å². The standard InChI is InChI=1S/C21H44N6O/c1-5-25-10-12-26(13-11-25)9-7-6-8-23-21(22-4)24-16-20-18-27(14-15-28-20)17-19(2)3/h19-20H,5-18H2,1-4H3,(H2,22,23,24). The first-order chi connectivity index (χ1) is 13.6. The summed E-state index contributed by atoms with van der Waals surface area (Å²) in [6.07, 6.45) is 2.66. The van der Waals surface area contributed by atoms with Crippen LogP contribution in [0.1, 0.15) is 33.6 Å². The van der Waals surface area contributed by atoms with Gasteiger partial charge < -0.3 is 25.2 Å². The van der Waals surface area contributed by atoms with Crippen LogP contribution < -0.4 is 10.6 Å². The highest BCUT2D eigenvalue weighted by atomic mass is 16.5. The number of guanidine groups is 1. The molecule has 164 valence electrons. The minimum Gasteiger partial charge on any atom is -0.374 e. The number of unbranched alkanes of at least 4 members (excludes halogenated alkanes) is 1. The van der Waals surface area contributed by atoms with Crippen LogP contribution in [0, 0.1) is 5.92 Å². The van der Waals surface area contributed by atoms with Crippen LogP contribution >= 0.6 is 0 Å². The highest BCUT2D eigenvalue weighted by molar-refractivity contribution is 5.79. The monoisotopic (exact) mass is 396 g/mol. The Morgan fingerprint density at radius 2 is 1.79 bits per heavy atom. The van der Waals surface area contributed by atoms with Gasteiger partial charge in [0.1, 0.15) is 0 Å². The molecular formula is C21H44N6O. The fourth-order valence-electron chi connectivity index (χ4n) is 4.01. The summed E-state index contributed by atoms with van der Waals surface area (Å²) in [5.74, 6) is 1.60. The zero-order valence-corrected chi connectivity index (χ0v) is 18.8. The molecule has 0 aromatic rings. The van der Waals surface area contributed by atoms with Crippen molar-refractivity contribution in [3.05, 3.63) is 0 Å². The van der Waals surface area contributed by atoms with Gasteiger partial charge in [-0.3, -0.25) is 9.89 Å². The molecule has 2 heterocycles. The topological polar surface area (TPSA) is 55.4 Å². The summed E-state index contributed by atoms with van der Waals surface area (Å²) in [5, 5.41) is 6.89. The molecule has 0 amide bonds. The Kier molecular flexibility index (Phi) is 11.2. The molecule has 2 saturated heterocycles. The van der Waals surface area contributed by atoms with Gasteiger partial charge in [0.15, 0.2) is 5.96 Å². The molecular weight excluding hydrogens is 352 g/mol. The van der Waals surface area contributed by atoms with Crippen molar-refractivity contribution in [3.63, 3.8) is 0 Å². The molecule has 28 heavy (non-hydrogen) atoms. The maximum Gasteiger partial charge on any atom is 0.191 e. The smallest absolute Gasteiger partial charge is 0.191 e. The van der Waals surface area contributed by atoms with Crippen LogP contribution in [0.15, 0.2) is 4.99 Å². The minimum atomic E-state index is 0.243. The molecule has 2 fully saturated rings. The third-order valence-electron chi connectivity index (χ3n) is 5.67. The number of piperazine rings is 1. The number of hydrogen-bond acceptors (Lipinski definition) is 5. The predicted octanol–water partition coefficient (Wildman–Crippen LogP) is 0.926. The number of nitrogens with one attached hydrogen (secondary N) is 2. The van der Waals surface area contributed by atoms with E-state index in [4.69, 9.17) is 4.74 Å². The van der Waals surface area contributed by atoms with Crippen molar-refractivity contribution in [2.45, 2.75) is 39.7 Å². The SMILES string of the molecule is CCN1CCN(CCCCNC(=NC)NCC2CN(CC(C)C)CCO2)CC1. The summed E-state index contributed by atoms with van der Waals surface area (Å²) in [7, 11) is 1.84. The molecule has 0 saturated carbocycles. The number of hydrogen-bond donors (Lipinski definition) is 2. The molecule has 1 unspecified atom stereocenters. The number of morpholine rings is 1. The highest BCUT2D eigenvalue weighted by Gasteiger charge is 2.21. The van der Waals surface area contributed by atoms with Gasteiger partial charge in [0.25, 0.3) is 0 Å². The van der Waals surface area contributed by atoms with E-state index in [-0.39, 0.29) is 6.10 Å². The Morgan fingerprint density at radius 1 is 1.04 bits per heavy atom. The molecule has 2 aliphatic rings. The summed E-state index contributed by atoms with van der Waals surface area (Å²) in [4.78, 5) is 12.0. The lowest BCUT2D eigenvalue weighted by atomic mass is 10.2. The van der Waals surface area contributed by atoms with E-state index in [1.807, 2.05) is 7.05 Å². The van der Waals surface area contributed by atoms with Crippen molar-refractivity contribution in [1.29, 1.82) is 0 Å². The Balaban J connectivity index is 1.53. The van der Waals surface area contributed by atoms with Crippen LogP contribution in [0.4, 0.5) is 0 Å². The third-order valence-corrected chi connectivity index (χ3v) is 5.67. The van der Waals surface area contributed by atoms with E-state index in [0.29, 0.717) is 5.92 Å². The molecule has 0 aromatic carbocycles. The molecule has 2 aliphatic heterocycles. The quantitative estimate of drug-likeness (QED) is 0.325. The zero-order chi connectivity index (χ0) is 20.2. The highest BCUT2D eigenvalue weighted by Crippen LogP contribution is 2.07. The van der Waals surface area contributed by atoms with Crippen LogP contribution in [0.25, 0.3) is 0 Å². The van der Waals surface area contributed by atoms with Gasteiger partial charge >= 0.3 is 0 Å². The fraction of sp³-hybridized carbons (Fsp3) is 0.952. The second-order valence-electron chi connectivity index (χ2n) is 8.51. The van der Waals surface area contributed by atoms with Crippen molar-refractivity contribution >= 4 is 5.96 Å². The molecule has 0 spiro atoms. The molecule has 7 nitrogen and oxygen atoms in total. The van der Waals surface area contributed by atoms with Crippen LogP contribution in [-0.4, -0.2) is 112 Å². The summed E-state index contributed by atoms with van der Waals surface area (Å²) < 4.78 is 5.91. The van der Waals surface area contributed by atoms with Gasteiger partial charge in [-0.2, -0.15) is 0 Å². The summed E-state index contributed by atoms with van der Waals surface area (Å²) in [6.45, 7) is 19.9. The van der Waals surface area contributed by atoms with Gasteiger partial charge in [-0.05, 0) is 31.8 Å². The predicted molar refractivity (Wildman–Crippen MR) is 118 cm³/mol. The maximum absolute atomic E-state index is 5.91. The van der Waals surface area contributed by atoms with Gasteiger partial charge in [-0.1, -0.05) is 20.8 Å². The Morgan fingerprint density at radius 3 is 2.46 bits per heavy atom. The van der Waals surface area contributed by atoms with E-state index in [9.17, 15) is 0 Å². The molecule has 0 aromatic heterocycles. The number of aliphatic imine (C=N–C) groups is 1. The Bertz CT molecular complexity index is 437. The van der Waals surface area contributed by atoms with E-state index in [1.165, 1.54) is 52.1 Å². The van der Waals surface area contributed by atoms with Crippen molar-refractivity contribution in [3.8, 4) is 0 Å². The second kappa shape index (κ2) is 13.4. The van der Waals surface area contributed by atoms with Crippen molar-refractivity contribution in [2.24, 2.45) is 10.9 Å². The number of rotatable bonds is 10. The first-order valence-corrected chi connectivity index (χ1v) is 11.3. The molecule has 0 bridgehead atoms. The summed E-state index contributed by atoms with van der Waals surface area (Å²) >= 11 is 0. The molecule has 0 radical (unpaired) electrons. The lowest BCUT2D eigenvalue weighted by Crippen LogP contribution is -2.50. The van der Waals surface area contributed by atoms with E-state index in [1.54, 1.807) is 0 Å². The average Bonchev–Trinajstić information content (AvgIpc) is 2.70. The largest absolute Gasteiger partial charge is 0.374 e. The van der Waals surface area contributed by atoms with E-state index < -0.39 is 0 Å². The van der Waals surface area contributed by atoms with Crippen LogP contribution in [0.2, 0.25) is 0 Å². The van der Waals surface area contributed by atoms with Crippen LogP contribution in [0.3, 0.4) is 0 Å². The molecule has 2 rings (SSSR count). The lowest BCUT2D eigenvalue weighted by Gasteiger charge is -2.34. The first kappa shape index (κ1) is 23.4. The normalized spacial score (nSPS) is 23.3. The molecule has 7 heteroatoms. The van der Waals surface area contributed by atoms with Gasteiger partial charge in [0.05, 0.1) is 12.7 Å².